The molecule has 2 rings (SSSR count). The number of nitrogens with zero attached hydrogens (tertiary/aromatic N) is 2. The first-order valence-electron chi connectivity index (χ1n) is 6.42. The van der Waals surface area contributed by atoms with Crippen molar-refractivity contribution in [3.05, 3.63) is 38.3 Å². The lowest BCUT2D eigenvalue weighted by molar-refractivity contribution is -0.385. The summed E-state index contributed by atoms with van der Waals surface area (Å²) < 4.78 is 5.55. The lowest BCUT2D eigenvalue weighted by atomic mass is 10.1. The van der Waals surface area contributed by atoms with Crippen LogP contribution in [-0.2, 0) is 4.74 Å². The van der Waals surface area contributed by atoms with E-state index >= 15 is 0 Å². The van der Waals surface area contributed by atoms with Gasteiger partial charge in [-0.1, -0.05) is 6.07 Å². The van der Waals surface area contributed by atoms with Crippen molar-refractivity contribution in [2.75, 3.05) is 19.8 Å². The molecule has 0 bridgehead atoms. The summed E-state index contributed by atoms with van der Waals surface area (Å²) in [7, 11) is 0. The summed E-state index contributed by atoms with van der Waals surface area (Å²) in [6.07, 6.45) is -0.428. The van der Waals surface area contributed by atoms with Gasteiger partial charge in [-0.05, 0) is 28.9 Å². The fourth-order valence-corrected chi connectivity index (χ4v) is 2.77. The zero-order valence-corrected chi connectivity index (χ0v) is 12.9. The summed E-state index contributed by atoms with van der Waals surface area (Å²) in [6, 6.07) is 4.19. The Hall–Kier alpha value is -1.51. The van der Waals surface area contributed by atoms with Crippen molar-refractivity contribution in [2.24, 2.45) is 0 Å². The van der Waals surface area contributed by atoms with E-state index in [1.807, 2.05) is 6.92 Å². The smallest absolute Gasteiger partial charge is 0.284 e. The monoisotopic (exact) mass is 358 g/mol. The van der Waals surface area contributed by atoms with Gasteiger partial charge in [-0.25, -0.2) is 0 Å². The number of aliphatic hydroxyl groups is 1. The van der Waals surface area contributed by atoms with E-state index in [0.717, 1.165) is 0 Å². The van der Waals surface area contributed by atoms with E-state index < -0.39 is 11.0 Å². The Morgan fingerprint density at radius 3 is 2.95 bits per heavy atom. The van der Waals surface area contributed by atoms with E-state index in [4.69, 9.17) is 9.84 Å². The molecule has 0 radical (unpaired) electrons. The van der Waals surface area contributed by atoms with Crippen LogP contribution in [0.2, 0.25) is 0 Å². The minimum absolute atomic E-state index is 0.152. The molecule has 1 aromatic rings. The Morgan fingerprint density at radius 1 is 1.62 bits per heavy atom. The molecule has 0 aliphatic carbocycles. The number of aliphatic hydroxyl groups excluding tert-OH is 1. The van der Waals surface area contributed by atoms with Gasteiger partial charge in [0, 0.05) is 12.6 Å². The summed E-state index contributed by atoms with van der Waals surface area (Å²) in [5.41, 5.74) is 0.0788. The maximum absolute atomic E-state index is 12.6. The lowest BCUT2D eigenvalue weighted by Crippen LogP contribution is -2.52. The molecular formula is C13H15BrN2O5. The average molecular weight is 359 g/mol. The molecule has 7 nitrogen and oxygen atoms in total. The van der Waals surface area contributed by atoms with Crippen molar-refractivity contribution >= 4 is 27.5 Å². The topological polar surface area (TPSA) is 92.9 Å². The second kappa shape index (κ2) is 6.50. The molecule has 0 aromatic heterocycles. The number of rotatable bonds is 3. The summed E-state index contributed by atoms with van der Waals surface area (Å²) in [4.78, 5) is 24.6. The lowest BCUT2D eigenvalue weighted by Gasteiger charge is -2.37. The van der Waals surface area contributed by atoms with Crippen molar-refractivity contribution in [3.63, 3.8) is 0 Å². The maximum atomic E-state index is 12.6. The van der Waals surface area contributed by atoms with Gasteiger partial charge in [0.1, 0.15) is 4.47 Å². The van der Waals surface area contributed by atoms with Crippen LogP contribution in [0.1, 0.15) is 17.3 Å². The van der Waals surface area contributed by atoms with Gasteiger partial charge in [0.05, 0.1) is 35.8 Å². The largest absolute Gasteiger partial charge is 0.394 e. The first kappa shape index (κ1) is 15.9. The van der Waals surface area contributed by atoms with Crippen LogP contribution in [0, 0.1) is 10.1 Å². The molecule has 1 aromatic carbocycles. The molecule has 0 saturated carbocycles. The number of nitro groups is 1. The number of nitro benzene ring substituents is 1. The summed E-state index contributed by atoms with van der Waals surface area (Å²) in [6.45, 7) is 2.23. The van der Waals surface area contributed by atoms with Crippen LogP contribution in [0.5, 0.6) is 0 Å². The molecule has 2 atom stereocenters. The third kappa shape index (κ3) is 3.22. The minimum Gasteiger partial charge on any atom is -0.394 e. The zero-order valence-electron chi connectivity index (χ0n) is 11.4. The molecule has 114 valence electrons. The van der Waals surface area contributed by atoms with Crippen LogP contribution in [0.15, 0.2) is 22.7 Å². The van der Waals surface area contributed by atoms with E-state index in [9.17, 15) is 14.9 Å². The van der Waals surface area contributed by atoms with Crippen molar-refractivity contribution in [1.29, 1.82) is 0 Å². The number of morpholine rings is 1. The summed E-state index contributed by atoms with van der Waals surface area (Å²) >= 11 is 3.13. The second-order valence-corrected chi connectivity index (χ2v) is 5.63. The van der Waals surface area contributed by atoms with E-state index in [2.05, 4.69) is 15.9 Å². The molecule has 0 spiro atoms. The number of amides is 1. The summed E-state index contributed by atoms with van der Waals surface area (Å²) in [5, 5.41) is 20.1. The van der Waals surface area contributed by atoms with Gasteiger partial charge < -0.3 is 14.7 Å². The molecule has 1 amide bonds. The molecule has 1 N–H and O–H groups in total. The highest BCUT2D eigenvalue weighted by molar-refractivity contribution is 9.10. The molecule has 1 aliphatic rings. The van der Waals surface area contributed by atoms with Crippen LogP contribution in [0.25, 0.3) is 0 Å². The van der Waals surface area contributed by atoms with Gasteiger partial charge in [0.25, 0.3) is 11.6 Å². The first-order valence-corrected chi connectivity index (χ1v) is 7.21. The molecule has 1 saturated heterocycles. The fraction of sp³-hybridized carbons (Fsp3) is 0.462. The highest BCUT2D eigenvalue weighted by Crippen LogP contribution is 2.30. The number of carbonyl (C=O) groups excluding carboxylic acids is 1. The van der Waals surface area contributed by atoms with E-state index in [1.54, 1.807) is 4.90 Å². The van der Waals surface area contributed by atoms with Gasteiger partial charge in [0.15, 0.2) is 0 Å². The Morgan fingerprint density at radius 2 is 2.33 bits per heavy atom. The van der Waals surface area contributed by atoms with Crippen molar-refractivity contribution < 1.29 is 19.6 Å². The van der Waals surface area contributed by atoms with E-state index in [0.29, 0.717) is 6.61 Å². The van der Waals surface area contributed by atoms with Gasteiger partial charge in [-0.3, -0.25) is 14.9 Å². The molecule has 8 heteroatoms. The molecule has 21 heavy (non-hydrogen) atoms. The van der Waals surface area contributed by atoms with Crippen LogP contribution in [0.3, 0.4) is 0 Å². The van der Waals surface area contributed by atoms with Crippen molar-refractivity contribution in [2.45, 2.75) is 19.1 Å². The Balaban J connectivity index is 2.31. The number of hydrogen-bond donors (Lipinski definition) is 1. The SMILES string of the molecule is CC1COC(CO)CN1C(=O)c1cccc([N+](=O)[O-])c1Br. The predicted molar refractivity (Wildman–Crippen MR) is 78.1 cm³/mol. The van der Waals surface area contributed by atoms with E-state index in [-0.39, 0.29) is 40.8 Å². The normalized spacial score (nSPS) is 22.1. The van der Waals surface area contributed by atoms with Crippen molar-refractivity contribution in [3.8, 4) is 0 Å². The predicted octanol–water partition coefficient (Wildman–Crippen LogP) is 1.58. The number of ether oxygens (including phenoxy) is 1. The highest BCUT2D eigenvalue weighted by atomic mass is 79.9. The second-order valence-electron chi connectivity index (χ2n) is 4.84. The molecule has 1 aliphatic heterocycles. The Labute approximate surface area is 129 Å². The number of halogens is 1. The van der Waals surface area contributed by atoms with Crippen LogP contribution in [-0.4, -0.2) is 52.7 Å². The molecule has 1 heterocycles. The standard InChI is InChI=1S/C13H15BrN2O5/c1-8-7-21-9(6-17)5-15(8)13(18)10-3-2-4-11(12(10)14)16(19)20/h2-4,8-9,17H,5-7H2,1H3. The van der Waals surface area contributed by atoms with Gasteiger partial charge in [0.2, 0.25) is 0 Å². The quantitative estimate of drug-likeness (QED) is 0.653. The third-order valence-electron chi connectivity index (χ3n) is 3.38. The molecular weight excluding hydrogens is 344 g/mol. The van der Waals surface area contributed by atoms with Crippen LogP contribution >= 0.6 is 15.9 Å². The van der Waals surface area contributed by atoms with Crippen molar-refractivity contribution in [1.82, 2.24) is 4.90 Å². The summed E-state index contributed by atoms with van der Waals surface area (Å²) in [5.74, 6) is -0.320. The van der Waals surface area contributed by atoms with Crippen LogP contribution < -0.4 is 0 Å². The minimum atomic E-state index is -0.542. The highest BCUT2D eigenvalue weighted by Gasteiger charge is 2.32. The molecule has 1 fully saturated rings. The average Bonchev–Trinajstić information content (AvgIpc) is 2.47. The van der Waals surface area contributed by atoms with Gasteiger partial charge in [-0.2, -0.15) is 0 Å². The molecule has 2 unspecified atom stereocenters. The van der Waals surface area contributed by atoms with Crippen LogP contribution in [0.4, 0.5) is 5.69 Å². The number of carbonyl (C=O) groups is 1. The first-order chi connectivity index (χ1) is 9.95. The number of benzene rings is 1. The Bertz CT molecular complexity index is 565. The number of hydrogen-bond acceptors (Lipinski definition) is 5. The van der Waals surface area contributed by atoms with Gasteiger partial charge >= 0.3 is 0 Å². The third-order valence-corrected chi connectivity index (χ3v) is 4.21. The Kier molecular flexibility index (Phi) is 4.92. The van der Waals surface area contributed by atoms with E-state index in [1.165, 1.54) is 18.2 Å². The van der Waals surface area contributed by atoms with Gasteiger partial charge in [-0.15, -0.1) is 0 Å². The maximum Gasteiger partial charge on any atom is 0.284 e. The zero-order chi connectivity index (χ0) is 15.6. The fourth-order valence-electron chi connectivity index (χ4n) is 2.19.